The second kappa shape index (κ2) is 24.2. The van der Waals surface area contributed by atoms with Crippen molar-refractivity contribution in [2.45, 2.75) is 108 Å². The number of phenolic OH excluding ortho intramolecular Hbond substituents is 1. The fourth-order valence-corrected chi connectivity index (χ4v) is 5.61. The number of aliphatic carboxylic acids is 1. The van der Waals surface area contributed by atoms with Crippen LogP contribution in [0.5, 0.6) is 5.75 Å². The van der Waals surface area contributed by atoms with Crippen molar-refractivity contribution in [3.8, 4) is 5.75 Å². The van der Waals surface area contributed by atoms with Crippen LogP contribution in [-0.4, -0.2) is 76.4 Å². The molecule has 13 heteroatoms. The number of rotatable bonds is 26. The number of hydrogen-bond donors (Lipinski definition) is 4. The highest BCUT2D eigenvalue weighted by molar-refractivity contribution is 5.95. The van der Waals surface area contributed by atoms with Gasteiger partial charge in [0.15, 0.2) is 5.60 Å². The molecule has 53 heavy (non-hydrogen) atoms. The van der Waals surface area contributed by atoms with Crippen LogP contribution in [0.2, 0.25) is 0 Å². The van der Waals surface area contributed by atoms with Gasteiger partial charge in [0.25, 0.3) is 0 Å². The summed E-state index contributed by atoms with van der Waals surface area (Å²) in [6, 6.07) is 12.3. The Kier molecular flexibility index (Phi) is 20.2. The lowest BCUT2D eigenvalue weighted by atomic mass is 9.82. The van der Waals surface area contributed by atoms with Crippen molar-refractivity contribution in [3.63, 3.8) is 0 Å². The Balaban J connectivity index is 2.18. The number of benzene rings is 2. The van der Waals surface area contributed by atoms with Gasteiger partial charge in [-0.2, -0.15) is 0 Å². The number of hydrogen-bond acceptors (Lipinski definition) is 11. The monoisotopic (exact) mass is 739 g/mol. The number of nitrogens with one attached hydrogen (secondary N) is 1. The molecule has 0 saturated heterocycles. The number of aliphatic hydroxyl groups is 1. The summed E-state index contributed by atoms with van der Waals surface area (Å²) in [6.07, 6.45) is 11.2. The molecule has 0 heterocycles. The van der Waals surface area contributed by atoms with Gasteiger partial charge in [-0.1, -0.05) is 87.9 Å². The standard InChI is InChI=1S/C40H53NO12/c1-3-4-5-8-14-19-31(42)20-15-9-6-7-10-16-21-33(36(46)41-34(38(48)51-2)26-29-22-24-32(43)25-23-29)40(50,27-35(44)45)39(49)53-28-52-37(47)30-17-12-11-13-18-30/h11-13,16-18,21-25,33-34,43,50H,3-10,14-15,19-20,26-28H2,1-2H3,(H,41,46)(H,44,45)/b21-16+/t33-,34+,40+/m1/s1. The Morgan fingerprint density at radius 2 is 1.45 bits per heavy atom. The van der Waals surface area contributed by atoms with Crippen LogP contribution in [0.1, 0.15) is 106 Å². The summed E-state index contributed by atoms with van der Waals surface area (Å²) in [6.45, 7) is 1.16. The summed E-state index contributed by atoms with van der Waals surface area (Å²) in [5, 5.41) is 33.4. The van der Waals surface area contributed by atoms with E-state index in [-0.39, 0.29) is 23.5 Å². The molecule has 1 amide bonds. The van der Waals surface area contributed by atoms with Crippen LogP contribution in [-0.2, 0) is 44.6 Å². The molecular formula is C40H53NO12. The molecule has 2 aromatic carbocycles. The number of Topliss-reactive ketones (excluding diaryl/α,β-unsaturated/α-hetero) is 1. The van der Waals surface area contributed by atoms with E-state index in [4.69, 9.17) is 14.2 Å². The van der Waals surface area contributed by atoms with Crippen LogP contribution < -0.4 is 5.32 Å². The van der Waals surface area contributed by atoms with Gasteiger partial charge in [0.2, 0.25) is 12.7 Å². The van der Waals surface area contributed by atoms with Crippen LogP contribution in [0.4, 0.5) is 0 Å². The molecule has 13 nitrogen and oxygen atoms in total. The number of ketones is 1. The molecule has 0 aliphatic rings. The van der Waals surface area contributed by atoms with Gasteiger partial charge in [0, 0.05) is 19.3 Å². The van der Waals surface area contributed by atoms with E-state index in [1.807, 2.05) is 0 Å². The number of phenols is 1. The second-order valence-electron chi connectivity index (χ2n) is 12.9. The Bertz CT molecular complexity index is 1490. The van der Waals surface area contributed by atoms with Crippen molar-refractivity contribution >= 4 is 35.6 Å². The van der Waals surface area contributed by atoms with E-state index in [2.05, 4.69) is 12.2 Å². The number of carboxylic acid groups (broad SMARTS) is 1. The summed E-state index contributed by atoms with van der Waals surface area (Å²) < 4.78 is 14.8. The number of carbonyl (C=O) groups is 6. The maximum absolute atomic E-state index is 13.8. The first kappa shape index (κ1) is 44.1. The average molecular weight is 740 g/mol. The number of carbonyl (C=O) groups excluding carboxylic acids is 5. The summed E-state index contributed by atoms with van der Waals surface area (Å²) >= 11 is 0. The van der Waals surface area contributed by atoms with Gasteiger partial charge >= 0.3 is 23.9 Å². The molecule has 0 unspecified atom stereocenters. The summed E-state index contributed by atoms with van der Waals surface area (Å²) in [4.78, 5) is 76.4. The lowest BCUT2D eigenvalue weighted by molar-refractivity contribution is -0.184. The number of amides is 1. The topological polar surface area (TPSA) is 203 Å². The lowest BCUT2D eigenvalue weighted by Crippen LogP contribution is -2.56. The molecule has 3 atom stereocenters. The highest BCUT2D eigenvalue weighted by atomic mass is 16.7. The van der Waals surface area contributed by atoms with E-state index in [1.165, 1.54) is 55.0 Å². The molecule has 4 N–H and O–H groups in total. The predicted molar refractivity (Wildman–Crippen MR) is 194 cm³/mol. The lowest BCUT2D eigenvalue weighted by Gasteiger charge is -2.31. The van der Waals surface area contributed by atoms with E-state index < -0.39 is 60.6 Å². The van der Waals surface area contributed by atoms with Crippen LogP contribution in [0, 0.1) is 5.92 Å². The van der Waals surface area contributed by atoms with Crippen LogP contribution in [0.15, 0.2) is 66.7 Å². The number of methoxy groups -OCH3 is 1. The van der Waals surface area contributed by atoms with Crippen LogP contribution >= 0.6 is 0 Å². The Morgan fingerprint density at radius 3 is 2.06 bits per heavy atom. The first-order valence-electron chi connectivity index (χ1n) is 18.1. The SMILES string of the molecule is CCCCCCCC(=O)CCCCCC/C=C/[C@H](C(=O)N[C@@H](Cc1ccc(O)cc1)C(=O)OC)[C@@](O)(CC(=O)O)C(=O)OCOC(=O)c1ccccc1. The summed E-state index contributed by atoms with van der Waals surface area (Å²) in [5.74, 6) is -7.62. The van der Waals surface area contributed by atoms with Crippen molar-refractivity contribution in [1.29, 1.82) is 0 Å². The maximum Gasteiger partial charge on any atom is 0.342 e. The molecule has 0 aliphatic carbocycles. The molecular weight excluding hydrogens is 686 g/mol. The Morgan fingerprint density at radius 1 is 0.830 bits per heavy atom. The molecule has 0 aliphatic heterocycles. The predicted octanol–water partition coefficient (Wildman–Crippen LogP) is 5.60. The maximum atomic E-state index is 13.8. The largest absolute Gasteiger partial charge is 0.508 e. The zero-order chi connectivity index (χ0) is 39.1. The minimum Gasteiger partial charge on any atom is -0.508 e. The van der Waals surface area contributed by atoms with E-state index in [1.54, 1.807) is 18.2 Å². The van der Waals surface area contributed by atoms with Gasteiger partial charge in [0.05, 0.1) is 25.0 Å². The van der Waals surface area contributed by atoms with E-state index in [9.17, 15) is 44.1 Å². The zero-order valence-electron chi connectivity index (χ0n) is 30.6. The molecule has 290 valence electrons. The molecule has 2 aromatic rings. The number of ether oxygens (including phenoxy) is 3. The number of carboxylic acids is 1. The van der Waals surface area contributed by atoms with Gasteiger partial charge < -0.3 is 34.8 Å². The highest BCUT2D eigenvalue weighted by Gasteiger charge is 2.50. The first-order chi connectivity index (χ1) is 25.4. The van der Waals surface area contributed by atoms with Gasteiger partial charge in [0.1, 0.15) is 17.6 Å². The average Bonchev–Trinajstić information content (AvgIpc) is 3.14. The smallest absolute Gasteiger partial charge is 0.342 e. The molecule has 2 rings (SSSR count). The Hall–Kier alpha value is -5.04. The quantitative estimate of drug-likeness (QED) is 0.0403. The summed E-state index contributed by atoms with van der Waals surface area (Å²) in [7, 11) is 1.11. The van der Waals surface area contributed by atoms with E-state index in [0.717, 1.165) is 52.1 Å². The van der Waals surface area contributed by atoms with E-state index >= 15 is 0 Å². The third-order valence-corrected chi connectivity index (χ3v) is 8.60. The van der Waals surface area contributed by atoms with Gasteiger partial charge in [-0.3, -0.25) is 14.4 Å². The number of esters is 3. The Labute approximate surface area is 310 Å². The van der Waals surface area contributed by atoms with Crippen molar-refractivity contribution in [2.24, 2.45) is 5.92 Å². The highest BCUT2D eigenvalue weighted by Crippen LogP contribution is 2.27. The zero-order valence-corrected chi connectivity index (χ0v) is 30.6. The fraction of sp³-hybridized carbons (Fsp3) is 0.500. The van der Waals surface area contributed by atoms with Crippen LogP contribution in [0.25, 0.3) is 0 Å². The molecule has 0 fully saturated rings. The van der Waals surface area contributed by atoms with Gasteiger partial charge in [-0.25, -0.2) is 14.4 Å². The molecule has 0 radical (unpaired) electrons. The third kappa shape index (κ3) is 16.5. The first-order valence-corrected chi connectivity index (χ1v) is 18.1. The summed E-state index contributed by atoms with van der Waals surface area (Å²) in [5.41, 5.74) is -2.32. The van der Waals surface area contributed by atoms with Crippen molar-refractivity contribution in [3.05, 3.63) is 77.9 Å². The van der Waals surface area contributed by atoms with Crippen molar-refractivity contribution < 1.29 is 58.3 Å². The second-order valence-corrected chi connectivity index (χ2v) is 12.9. The van der Waals surface area contributed by atoms with Gasteiger partial charge in [-0.15, -0.1) is 0 Å². The van der Waals surface area contributed by atoms with Crippen LogP contribution in [0.3, 0.4) is 0 Å². The molecule has 0 aromatic heterocycles. The fourth-order valence-electron chi connectivity index (χ4n) is 5.61. The van der Waals surface area contributed by atoms with Gasteiger partial charge in [-0.05, 0) is 55.5 Å². The number of allylic oxidation sites excluding steroid dienone is 1. The molecule has 0 saturated carbocycles. The minimum atomic E-state index is -3.00. The van der Waals surface area contributed by atoms with E-state index in [0.29, 0.717) is 31.2 Å². The third-order valence-electron chi connectivity index (χ3n) is 8.60. The number of unbranched alkanes of at least 4 members (excludes halogenated alkanes) is 8. The molecule has 0 spiro atoms. The minimum absolute atomic E-state index is 0.0223. The van der Waals surface area contributed by atoms with Crippen molar-refractivity contribution in [2.75, 3.05) is 13.9 Å². The normalized spacial score (nSPS) is 13.3. The molecule has 0 bridgehead atoms. The van der Waals surface area contributed by atoms with Crippen molar-refractivity contribution in [1.82, 2.24) is 5.32 Å². The number of aromatic hydroxyl groups is 1.